The van der Waals surface area contributed by atoms with E-state index in [2.05, 4.69) is 16.5 Å². The first kappa shape index (κ1) is 13.1. The van der Waals surface area contributed by atoms with Gasteiger partial charge in [-0.05, 0) is 44.0 Å². The van der Waals surface area contributed by atoms with Gasteiger partial charge >= 0.3 is 5.97 Å². The highest BCUT2D eigenvalue weighted by atomic mass is 16.4. The Morgan fingerprint density at radius 3 is 2.32 bits per heavy atom. The van der Waals surface area contributed by atoms with Crippen LogP contribution in [0.25, 0.3) is 0 Å². The van der Waals surface area contributed by atoms with Crippen LogP contribution in [-0.2, 0) is 7.05 Å². The van der Waals surface area contributed by atoms with Gasteiger partial charge in [-0.15, -0.1) is 0 Å². The molecule has 1 aromatic heterocycles. The fourth-order valence-corrected chi connectivity index (χ4v) is 2.24. The Bertz CT molecular complexity index is 624. The van der Waals surface area contributed by atoms with Gasteiger partial charge in [-0.1, -0.05) is 6.07 Å². The first-order valence-corrected chi connectivity index (χ1v) is 6.00. The Balaban J connectivity index is 2.46. The number of aromatic carboxylic acids is 1. The standard InChI is InChI=1S/C14H17N3O2/c1-8-5-9(2)7-11(6-8)15-13-12(14(18)19)10(3)16-17(13)4/h5-7,15H,1-4H3,(H,18,19). The Hall–Kier alpha value is -2.30. The summed E-state index contributed by atoms with van der Waals surface area (Å²) in [6, 6.07) is 6.01. The van der Waals surface area contributed by atoms with Crippen molar-refractivity contribution in [2.24, 2.45) is 7.05 Å². The van der Waals surface area contributed by atoms with Crippen molar-refractivity contribution in [1.82, 2.24) is 9.78 Å². The third kappa shape index (κ3) is 2.59. The number of carboxylic acid groups (broad SMARTS) is 1. The van der Waals surface area contributed by atoms with Crippen molar-refractivity contribution in [2.75, 3.05) is 5.32 Å². The van der Waals surface area contributed by atoms with Crippen LogP contribution >= 0.6 is 0 Å². The van der Waals surface area contributed by atoms with Crippen LogP contribution < -0.4 is 5.32 Å². The second kappa shape index (κ2) is 4.76. The van der Waals surface area contributed by atoms with Gasteiger partial charge in [0.25, 0.3) is 0 Å². The number of hydrogen-bond acceptors (Lipinski definition) is 3. The highest BCUT2D eigenvalue weighted by Gasteiger charge is 2.19. The first-order valence-electron chi connectivity index (χ1n) is 6.00. The van der Waals surface area contributed by atoms with Crippen molar-refractivity contribution in [2.45, 2.75) is 20.8 Å². The average Bonchev–Trinajstić information content (AvgIpc) is 2.52. The second-order valence-corrected chi connectivity index (χ2v) is 4.74. The molecule has 1 heterocycles. The van der Waals surface area contributed by atoms with E-state index < -0.39 is 5.97 Å². The molecule has 5 nitrogen and oxygen atoms in total. The van der Waals surface area contributed by atoms with Crippen molar-refractivity contribution in [3.63, 3.8) is 0 Å². The molecule has 0 aliphatic heterocycles. The van der Waals surface area contributed by atoms with E-state index >= 15 is 0 Å². The Labute approximate surface area is 111 Å². The molecule has 1 aromatic carbocycles. The molecule has 2 N–H and O–H groups in total. The van der Waals surface area contributed by atoms with Gasteiger partial charge in [-0.2, -0.15) is 5.10 Å². The summed E-state index contributed by atoms with van der Waals surface area (Å²) in [5.74, 6) is -0.479. The van der Waals surface area contributed by atoms with Gasteiger partial charge < -0.3 is 10.4 Å². The Kier molecular flexibility index (Phi) is 3.29. The van der Waals surface area contributed by atoms with Gasteiger partial charge in [0.15, 0.2) is 0 Å². The number of rotatable bonds is 3. The highest BCUT2D eigenvalue weighted by Crippen LogP contribution is 2.24. The number of carboxylic acids is 1. The molecule has 0 unspecified atom stereocenters. The fourth-order valence-electron chi connectivity index (χ4n) is 2.24. The number of aromatic nitrogens is 2. The number of anilines is 2. The highest BCUT2D eigenvalue weighted by molar-refractivity contribution is 5.95. The van der Waals surface area contributed by atoms with E-state index in [-0.39, 0.29) is 5.56 Å². The van der Waals surface area contributed by atoms with Crippen LogP contribution in [0.4, 0.5) is 11.5 Å². The molecule has 0 aliphatic carbocycles. The molecule has 5 heteroatoms. The van der Waals surface area contributed by atoms with Gasteiger partial charge in [-0.3, -0.25) is 4.68 Å². The minimum absolute atomic E-state index is 0.210. The number of carbonyl (C=O) groups is 1. The SMILES string of the molecule is Cc1cc(C)cc(Nc2c(C(=O)O)c(C)nn2C)c1. The number of hydrogen-bond donors (Lipinski definition) is 2. The van der Waals surface area contributed by atoms with E-state index in [0.29, 0.717) is 11.5 Å². The average molecular weight is 259 g/mol. The van der Waals surface area contributed by atoms with Crippen molar-refractivity contribution >= 4 is 17.5 Å². The normalized spacial score (nSPS) is 10.5. The molecule has 0 radical (unpaired) electrons. The van der Waals surface area contributed by atoms with Gasteiger partial charge in [-0.25, -0.2) is 4.79 Å². The predicted molar refractivity (Wildman–Crippen MR) is 74.1 cm³/mol. The molecule has 0 fully saturated rings. The number of benzene rings is 1. The van der Waals surface area contributed by atoms with Crippen LogP contribution in [0.2, 0.25) is 0 Å². The molecule has 0 amide bonds. The molecule has 0 aliphatic rings. The summed E-state index contributed by atoms with van der Waals surface area (Å²) >= 11 is 0. The van der Waals surface area contributed by atoms with Crippen LogP contribution in [0, 0.1) is 20.8 Å². The molecular formula is C14H17N3O2. The first-order chi connectivity index (χ1) is 8.88. The van der Waals surface area contributed by atoms with Gasteiger partial charge in [0.2, 0.25) is 0 Å². The number of nitrogens with zero attached hydrogens (tertiary/aromatic N) is 2. The van der Waals surface area contributed by atoms with Gasteiger partial charge in [0.1, 0.15) is 11.4 Å². The van der Waals surface area contributed by atoms with E-state index in [4.69, 9.17) is 0 Å². The molecule has 0 saturated carbocycles. The Morgan fingerprint density at radius 2 is 1.79 bits per heavy atom. The maximum absolute atomic E-state index is 11.3. The lowest BCUT2D eigenvalue weighted by molar-refractivity contribution is 0.0697. The second-order valence-electron chi connectivity index (χ2n) is 4.74. The molecule has 100 valence electrons. The predicted octanol–water partition coefficient (Wildman–Crippen LogP) is 2.79. The lowest BCUT2D eigenvalue weighted by atomic mass is 10.1. The van der Waals surface area contributed by atoms with Crippen LogP contribution in [-0.4, -0.2) is 20.9 Å². The Morgan fingerprint density at radius 1 is 1.21 bits per heavy atom. The third-order valence-corrected chi connectivity index (χ3v) is 2.92. The number of aryl methyl sites for hydroxylation is 4. The van der Waals surface area contributed by atoms with E-state index in [1.807, 2.05) is 26.0 Å². The maximum Gasteiger partial charge on any atom is 0.341 e. The van der Waals surface area contributed by atoms with E-state index in [1.165, 1.54) is 0 Å². The molecule has 2 rings (SSSR count). The molecule has 2 aromatic rings. The summed E-state index contributed by atoms with van der Waals surface area (Å²) in [6.07, 6.45) is 0. The number of nitrogens with one attached hydrogen (secondary N) is 1. The van der Waals surface area contributed by atoms with Gasteiger partial charge in [0, 0.05) is 12.7 Å². The zero-order valence-corrected chi connectivity index (χ0v) is 11.5. The summed E-state index contributed by atoms with van der Waals surface area (Å²) in [5.41, 5.74) is 3.82. The zero-order chi connectivity index (χ0) is 14.2. The van der Waals surface area contributed by atoms with Crippen molar-refractivity contribution in [3.8, 4) is 0 Å². The lowest BCUT2D eigenvalue weighted by Gasteiger charge is -2.10. The zero-order valence-electron chi connectivity index (χ0n) is 11.5. The van der Waals surface area contributed by atoms with Crippen molar-refractivity contribution in [1.29, 1.82) is 0 Å². The molecule has 0 atom stereocenters. The summed E-state index contributed by atoms with van der Waals surface area (Å²) in [6.45, 7) is 5.70. The topological polar surface area (TPSA) is 67.2 Å². The van der Waals surface area contributed by atoms with Crippen LogP contribution in [0.5, 0.6) is 0 Å². The molecule has 0 spiro atoms. The molecule has 19 heavy (non-hydrogen) atoms. The van der Waals surface area contributed by atoms with Gasteiger partial charge in [0.05, 0.1) is 5.69 Å². The van der Waals surface area contributed by atoms with Crippen LogP contribution in [0.1, 0.15) is 27.2 Å². The summed E-state index contributed by atoms with van der Waals surface area (Å²) in [7, 11) is 1.73. The summed E-state index contributed by atoms with van der Waals surface area (Å²) in [5, 5.41) is 16.5. The minimum Gasteiger partial charge on any atom is -0.477 e. The minimum atomic E-state index is -0.975. The molecule has 0 saturated heterocycles. The maximum atomic E-state index is 11.3. The fraction of sp³-hybridized carbons (Fsp3) is 0.286. The largest absolute Gasteiger partial charge is 0.477 e. The van der Waals surface area contributed by atoms with Crippen molar-refractivity contribution < 1.29 is 9.90 Å². The quantitative estimate of drug-likeness (QED) is 0.889. The monoisotopic (exact) mass is 259 g/mol. The summed E-state index contributed by atoms with van der Waals surface area (Å²) < 4.78 is 1.55. The van der Waals surface area contributed by atoms with E-state index in [9.17, 15) is 9.90 Å². The smallest absolute Gasteiger partial charge is 0.341 e. The lowest BCUT2D eigenvalue weighted by Crippen LogP contribution is -2.05. The molecule has 0 bridgehead atoms. The van der Waals surface area contributed by atoms with E-state index in [1.54, 1.807) is 18.7 Å². The van der Waals surface area contributed by atoms with Crippen LogP contribution in [0.15, 0.2) is 18.2 Å². The molecular weight excluding hydrogens is 242 g/mol. The summed E-state index contributed by atoms with van der Waals surface area (Å²) in [4.78, 5) is 11.3. The van der Waals surface area contributed by atoms with Crippen molar-refractivity contribution in [3.05, 3.63) is 40.6 Å². The third-order valence-electron chi connectivity index (χ3n) is 2.92. The van der Waals surface area contributed by atoms with E-state index in [0.717, 1.165) is 16.8 Å². The van der Waals surface area contributed by atoms with Crippen LogP contribution in [0.3, 0.4) is 0 Å².